The predicted molar refractivity (Wildman–Crippen MR) is 292 cm³/mol. The molecule has 0 radical (unpaired) electrons. The molecule has 3 heterocycles. The van der Waals surface area contributed by atoms with E-state index < -0.39 is 47.3 Å². The second-order valence-electron chi connectivity index (χ2n) is 21.1. The van der Waals surface area contributed by atoms with Crippen LogP contribution in [0, 0.1) is 73.5 Å². The van der Waals surface area contributed by atoms with Gasteiger partial charge < -0.3 is 10.5 Å². The minimum absolute atomic E-state index is 0.0460. The maximum Gasteiger partial charge on any atom is 0.391 e. The molecule has 13 nitrogen and oxygen atoms in total. The molecular formula is C59H60BrF8N9O4. The van der Waals surface area contributed by atoms with Crippen molar-refractivity contribution in [1.29, 1.82) is 15.9 Å². The van der Waals surface area contributed by atoms with Gasteiger partial charge in [0.05, 0.1) is 63.6 Å². The first kappa shape index (κ1) is 61.3. The summed E-state index contributed by atoms with van der Waals surface area (Å²) < 4.78 is 110. The lowest BCUT2D eigenvalue weighted by Crippen LogP contribution is -2.32. The van der Waals surface area contributed by atoms with Gasteiger partial charge in [0, 0.05) is 41.1 Å². The minimum atomic E-state index is -4.17. The molecule has 9 rings (SSSR count). The van der Waals surface area contributed by atoms with Crippen molar-refractivity contribution < 1.29 is 40.2 Å². The van der Waals surface area contributed by atoms with Crippen molar-refractivity contribution in [1.82, 2.24) is 28.7 Å². The van der Waals surface area contributed by atoms with E-state index in [1.54, 1.807) is 100 Å². The van der Waals surface area contributed by atoms with E-state index >= 15 is 0 Å². The first-order valence-electron chi connectivity index (χ1n) is 26.5. The number of hydrogen-bond donors (Lipinski definition) is 2. The maximum atomic E-state index is 13.6. The Labute approximate surface area is 470 Å². The van der Waals surface area contributed by atoms with Gasteiger partial charge in [-0.1, -0.05) is 12.1 Å². The summed E-state index contributed by atoms with van der Waals surface area (Å²) >= 11 is 3.27. The smallest absolute Gasteiger partial charge is 0.391 e. The van der Waals surface area contributed by atoms with Gasteiger partial charge in [0.1, 0.15) is 21.9 Å². The van der Waals surface area contributed by atoms with E-state index in [4.69, 9.17) is 15.9 Å². The number of aryl methyl sites for hydroxylation is 3. The van der Waals surface area contributed by atoms with Crippen molar-refractivity contribution in [3.63, 3.8) is 0 Å². The molecule has 0 amide bonds. The topological polar surface area (TPSA) is 196 Å². The molecule has 0 bridgehead atoms. The van der Waals surface area contributed by atoms with Crippen LogP contribution in [0.4, 0.5) is 35.1 Å². The molecular weight excluding hydrogens is 1130 g/mol. The summed E-state index contributed by atoms with van der Waals surface area (Å²) in [5, 5.41) is 35.3. The van der Waals surface area contributed by atoms with Crippen LogP contribution in [0.2, 0.25) is 0 Å². The van der Waals surface area contributed by atoms with Gasteiger partial charge in [-0.2, -0.15) is 36.9 Å². The molecule has 3 fully saturated rings. The number of aromatic nitrogens is 6. The highest BCUT2D eigenvalue weighted by atomic mass is 79.9. The van der Waals surface area contributed by atoms with Gasteiger partial charge in [-0.25, -0.2) is 23.7 Å². The third-order valence-electron chi connectivity index (χ3n) is 15.8. The van der Waals surface area contributed by atoms with Crippen LogP contribution in [-0.2, 0) is 0 Å². The lowest BCUT2D eigenvalue weighted by molar-refractivity contribution is -0.183. The van der Waals surface area contributed by atoms with E-state index in [0.29, 0.717) is 124 Å². The van der Waals surface area contributed by atoms with Gasteiger partial charge in [0.2, 0.25) is 11.7 Å². The van der Waals surface area contributed by atoms with Crippen molar-refractivity contribution in [2.75, 3.05) is 0 Å². The molecule has 3 aromatic heterocycles. The molecule has 6 aromatic rings. The summed E-state index contributed by atoms with van der Waals surface area (Å²) in [6.45, 7) is 7.64. The van der Waals surface area contributed by atoms with Gasteiger partial charge in [-0.15, -0.1) is 0 Å². The van der Waals surface area contributed by atoms with Gasteiger partial charge >= 0.3 is 17.9 Å². The van der Waals surface area contributed by atoms with Gasteiger partial charge in [0.15, 0.2) is 0 Å². The van der Waals surface area contributed by atoms with Crippen molar-refractivity contribution >= 4 is 22.1 Å². The van der Waals surface area contributed by atoms with Crippen LogP contribution in [0.25, 0.3) is 17.1 Å². The number of alkyl halides is 8. The zero-order valence-corrected chi connectivity index (χ0v) is 46.7. The molecule has 0 unspecified atom stereocenters. The van der Waals surface area contributed by atoms with Gasteiger partial charge in [-0.05, 0) is 194 Å². The number of aromatic hydroxyl groups is 1. The SMILES string of the molecule is Cc1nc(C2CCC(C(C)(F)F)CC2)n(-c2ccc(C#N)cc2)c(=O)c1O.Cc1nc(C2CCC(C(F)(F)F)CC2)n(-c2ccc(C#N)cc2)c(=O)c1C.Cc1nc(C2CCC(C(F)(F)F)CC2)n(-c2ccc(C=N)cc2)c(=O)c1Br. The Morgan fingerprint density at radius 2 is 0.864 bits per heavy atom. The number of nitrogens with one attached hydrogen (secondary N) is 1. The van der Waals surface area contributed by atoms with Crippen molar-refractivity contribution in [2.45, 2.75) is 148 Å². The highest BCUT2D eigenvalue weighted by molar-refractivity contribution is 9.10. The second-order valence-corrected chi connectivity index (χ2v) is 21.9. The molecule has 3 saturated carbocycles. The van der Waals surface area contributed by atoms with Crippen LogP contribution in [0.1, 0.15) is 159 Å². The van der Waals surface area contributed by atoms with E-state index in [1.165, 1.54) is 19.9 Å². The van der Waals surface area contributed by atoms with Crippen LogP contribution in [0.3, 0.4) is 0 Å². The molecule has 0 aliphatic heterocycles. The zero-order chi connectivity index (χ0) is 59.3. The van der Waals surface area contributed by atoms with E-state index in [2.05, 4.69) is 30.9 Å². The Hall–Kier alpha value is -7.33. The Balaban J connectivity index is 0.000000175. The van der Waals surface area contributed by atoms with Crippen molar-refractivity contribution in [3.8, 4) is 35.0 Å². The third kappa shape index (κ3) is 14.1. The van der Waals surface area contributed by atoms with E-state index in [0.717, 1.165) is 6.92 Å². The Bertz CT molecular complexity index is 3340. The average molecular weight is 1190 g/mol. The zero-order valence-electron chi connectivity index (χ0n) is 45.1. The number of halogens is 9. The fourth-order valence-corrected chi connectivity index (χ4v) is 11.1. The Morgan fingerprint density at radius 3 is 1.22 bits per heavy atom. The molecule has 0 atom stereocenters. The standard InChI is InChI=1S/C20H20F3N3O.C20H21F2N3O2.C19H19BrF3N3O/c1-12-13(2)25-18(15-5-7-16(8-6-15)20(21,22)23)26(19(12)27)17-9-3-14(11-24)4-10-17;1-12-17(26)19(27)25(16-9-3-13(11-23)4-10-16)18(24-12)14-5-7-15(8-6-14)20(2,21)22;1-11-16(20)18(27)26(15-8-2-12(10-24)3-9-15)17(25-11)13-4-6-14(7-5-13)19(21,22)23/h3-4,9-10,15-16H,5-8H2,1-2H3;3-4,9-10,14-15,26H,5-8H2,1-2H3;2-3,8-10,13-14,24H,4-7H2,1H3. The Morgan fingerprint density at radius 1 is 0.531 bits per heavy atom. The Kier molecular flexibility index (Phi) is 19.1. The van der Waals surface area contributed by atoms with Crippen LogP contribution in [-0.4, -0.2) is 58.2 Å². The van der Waals surface area contributed by atoms with E-state index in [1.807, 2.05) is 12.1 Å². The molecule has 81 heavy (non-hydrogen) atoms. The van der Waals surface area contributed by atoms with Gasteiger partial charge in [0.25, 0.3) is 11.1 Å². The van der Waals surface area contributed by atoms with Crippen LogP contribution in [0.5, 0.6) is 5.75 Å². The minimum Gasteiger partial charge on any atom is -0.502 e. The molecule has 0 spiro atoms. The number of hydrogen-bond acceptors (Lipinski definition) is 10. The highest BCUT2D eigenvalue weighted by Gasteiger charge is 2.44. The monoisotopic (exact) mass is 1190 g/mol. The fraction of sp³-hybridized carbons (Fsp3) is 0.441. The number of nitrogens with zero attached hydrogens (tertiary/aromatic N) is 8. The molecule has 22 heteroatoms. The van der Waals surface area contributed by atoms with E-state index in [9.17, 15) is 54.6 Å². The summed E-state index contributed by atoms with van der Waals surface area (Å²) in [4.78, 5) is 52.1. The van der Waals surface area contributed by atoms with Crippen molar-refractivity contribution in [3.05, 3.63) is 165 Å². The lowest BCUT2D eigenvalue weighted by Gasteiger charge is -2.32. The average Bonchev–Trinajstić information content (AvgIpc) is 3.53. The predicted octanol–water partition coefficient (Wildman–Crippen LogP) is 13.7. The number of nitriles is 2. The number of rotatable bonds is 8. The molecule has 428 valence electrons. The summed E-state index contributed by atoms with van der Waals surface area (Å²) in [6, 6.07) is 23.9. The van der Waals surface area contributed by atoms with Gasteiger partial charge in [-0.3, -0.25) is 28.1 Å². The third-order valence-corrected chi connectivity index (χ3v) is 16.7. The molecule has 0 saturated heterocycles. The normalized spacial score (nSPS) is 20.3. The summed E-state index contributed by atoms with van der Waals surface area (Å²) in [5.41, 5.74) is 4.02. The highest BCUT2D eigenvalue weighted by Crippen LogP contribution is 2.45. The van der Waals surface area contributed by atoms with Crippen LogP contribution in [0.15, 0.2) is 91.7 Å². The largest absolute Gasteiger partial charge is 0.502 e. The quantitative estimate of drug-likeness (QED) is 0.110. The first-order chi connectivity index (χ1) is 38.2. The van der Waals surface area contributed by atoms with Crippen LogP contribution < -0.4 is 16.7 Å². The van der Waals surface area contributed by atoms with Crippen molar-refractivity contribution in [2.24, 2.45) is 17.8 Å². The van der Waals surface area contributed by atoms with Crippen LogP contribution >= 0.6 is 15.9 Å². The first-order valence-corrected chi connectivity index (χ1v) is 27.3. The number of benzene rings is 3. The summed E-state index contributed by atoms with van der Waals surface area (Å²) in [5.74, 6) is -5.44. The summed E-state index contributed by atoms with van der Waals surface area (Å²) in [7, 11) is 0. The molecule has 3 aromatic carbocycles. The molecule has 2 N–H and O–H groups in total. The molecule has 3 aliphatic rings. The second kappa shape index (κ2) is 25.2. The maximum absolute atomic E-state index is 13.6. The van der Waals surface area contributed by atoms with E-state index in [-0.39, 0.29) is 60.2 Å². The summed E-state index contributed by atoms with van der Waals surface area (Å²) in [6.07, 6.45) is -3.86. The lowest BCUT2D eigenvalue weighted by atomic mass is 9.79. The molecule has 3 aliphatic carbocycles. The fourth-order valence-electron chi connectivity index (χ4n) is 10.9.